The molecule has 0 atom stereocenters. The summed E-state index contributed by atoms with van der Waals surface area (Å²) in [5.74, 6) is -0.243. The Morgan fingerprint density at radius 1 is 0.635 bits per heavy atom. The number of nitrogens with zero attached hydrogens (tertiary/aromatic N) is 3. The molecule has 0 unspecified atom stereocenters. The van der Waals surface area contributed by atoms with Crippen molar-refractivity contribution in [1.82, 2.24) is 0 Å². The second-order valence-corrected chi connectivity index (χ2v) is 29.9. The largest absolute Gasteiger partial charge is 0.744 e. The van der Waals surface area contributed by atoms with E-state index in [4.69, 9.17) is 4.74 Å². The summed E-state index contributed by atoms with van der Waals surface area (Å²) in [6.45, 7) is 23.8. The molecule has 21 heteroatoms. The minimum atomic E-state index is -4.79. The number of hydrogen-bond donors (Lipinski definition) is 3. The third-order valence-electron chi connectivity index (χ3n) is 16.7. The van der Waals surface area contributed by atoms with Crippen LogP contribution in [0.2, 0.25) is 0 Å². The van der Waals surface area contributed by atoms with E-state index in [2.05, 4.69) is 27.7 Å². The number of aliphatic hydroxyl groups excluding tert-OH is 1. The first-order valence-electron chi connectivity index (χ1n) is 30.5. The van der Waals surface area contributed by atoms with Gasteiger partial charge in [0.15, 0.2) is 5.71 Å². The van der Waals surface area contributed by atoms with Gasteiger partial charge < -0.3 is 28.3 Å². The van der Waals surface area contributed by atoms with E-state index >= 15 is 0 Å². The van der Waals surface area contributed by atoms with Crippen LogP contribution < -0.4 is 9.64 Å². The van der Waals surface area contributed by atoms with Crippen LogP contribution in [-0.4, -0.2) is 136 Å². The van der Waals surface area contributed by atoms with Crippen molar-refractivity contribution < 1.29 is 70.8 Å². The minimum absolute atomic E-state index is 0.0419. The van der Waals surface area contributed by atoms with E-state index < -0.39 is 62.8 Å². The fourth-order valence-corrected chi connectivity index (χ4v) is 14.1. The molecule has 2 aliphatic heterocycles. The Labute approximate surface area is 509 Å². The maximum atomic E-state index is 12.2. The molecule has 3 aliphatic rings. The third kappa shape index (κ3) is 20.2. The number of fused-ring (bicyclic) bond motifs is 2. The van der Waals surface area contributed by atoms with Gasteiger partial charge >= 0.3 is 0 Å². The number of hydrogen-bond acceptors (Lipinski definition) is 13. The van der Waals surface area contributed by atoms with Gasteiger partial charge in [0.05, 0.1) is 59.5 Å². The monoisotopic (exact) mass is 1260 g/mol. The van der Waals surface area contributed by atoms with Gasteiger partial charge in [0, 0.05) is 54.1 Å². The van der Waals surface area contributed by atoms with Gasteiger partial charge in [-0.1, -0.05) is 91.5 Å². The van der Waals surface area contributed by atoms with Crippen LogP contribution in [0.1, 0.15) is 181 Å². The molecule has 3 aromatic rings. The van der Waals surface area contributed by atoms with Crippen LogP contribution in [0.4, 0.5) is 11.4 Å². The molecule has 3 N–H and O–H groups in total. The SMILES string of the molecule is CC1(C)C(=CC=C2CCCC(C=CC3=[N+](CCCCS(=O)(=O)O)c4ccc(S(=O)(=O)[O-])cc4C3(C)C)=C2c2cccc(OCCCCO)c2)N(CCCCS(=O)(=O)O)c2ccc(S(=O)(=O)[O-])cc21.CCCC[N+](CCCC)(CCCC)CCCC. The molecule has 0 fully saturated rings. The summed E-state index contributed by atoms with van der Waals surface area (Å²) in [6, 6.07) is 16.1. The quantitative estimate of drug-likeness (QED) is 0.0222. The number of unbranched alkanes of at least 4 members (excludes halogenated alkanes) is 7. The summed E-state index contributed by atoms with van der Waals surface area (Å²) >= 11 is 0. The van der Waals surface area contributed by atoms with Crippen molar-refractivity contribution in [1.29, 1.82) is 0 Å². The average molecular weight is 1260 g/mol. The molecule has 0 saturated carbocycles. The fourth-order valence-electron chi connectivity index (χ4n) is 12.0. The second-order valence-electron chi connectivity index (χ2n) is 24.0. The Balaban J connectivity index is 0.000000672. The highest BCUT2D eigenvalue weighted by atomic mass is 32.2. The number of allylic oxidation sites excluding steroid dienone is 8. The number of benzene rings is 3. The van der Waals surface area contributed by atoms with Gasteiger partial charge in [0.25, 0.3) is 20.2 Å². The molecule has 0 amide bonds. The molecule has 0 spiro atoms. The molecule has 0 bridgehead atoms. The lowest BCUT2D eigenvalue weighted by atomic mass is 9.79. The van der Waals surface area contributed by atoms with E-state index in [-0.39, 0.29) is 29.2 Å². The Kier molecular flexibility index (Phi) is 26.4. The third-order valence-corrected chi connectivity index (χ3v) is 20.0. The van der Waals surface area contributed by atoms with Gasteiger partial charge in [0.2, 0.25) is 5.69 Å². The van der Waals surface area contributed by atoms with Crippen LogP contribution in [0.3, 0.4) is 0 Å². The van der Waals surface area contributed by atoms with E-state index in [9.17, 15) is 57.0 Å². The maximum absolute atomic E-state index is 12.2. The molecule has 474 valence electrons. The molecule has 0 saturated heterocycles. The van der Waals surface area contributed by atoms with Crippen molar-refractivity contribution in [2.45, 2.75) is 185 Å². The molecular formula is C64H95N3O14S4. The highest BCUT2D eigenvalue weighted by molar-refractivity contribution is 7.86. The standard InChI is InChI=1S/C48H60N2O14S4.C16H36N/c1-47(2)40-32-38(67(58,59)60)19-21-42(40)49(25-5-9-29-65(52,53)54)44(47)23-17-34-13-11-14-35(46(34)36-15-12-16-37(31-36)64-28-8-7-27-51)18-24-45-48(3,4)41-33-39(68(61,62)63)20-22-43(41)50(45)26-6-10-30-66(55,56)57;1-5-9-13-17(14-10-6-2,15-11-7-3)16-12-8-4/h12,15-24,31-33,51H,5-11,13-14,25-30H2,1-4H3,(H3-,52,53,54,55,56,57,58,59,60,61,62,63);5-16H2,1-4H3/q;+1/p-1. The van der Waals surface area contributed by atoms with Gasteiger partial charge in [0.1, 0.15) is 32.5 Å². The highest BCUT2D eigenvalue weighted by Crippen LogP contribution is 2.49. The molecule has 6 rings (SSSR count). The van der Waals surface area contributed by atoms with E-state index in [0.29, 0.717) is 86.5 Å². The van der Waals surface area contributed by atoms with Crippen molar-refractivity contribution in [2.24, 2.45) is 0 Å². The number of quaternary nitrogens is 1. The van der Waals surface area contributed by atoms with Crippen LogP contribution in [0.15, 0.2) is 112 Å². The van der Waals surface area contributed by atoms with E-state index in [1.807, 2.05) is 85.7 Å². The first-order chi connectivity index (χ1) is 40.0. The van der Waals surface area contributed by atoms with E-state index in [0.717, 1.165) is 40.1 Å². The number of rotatable bonds is 33. The number of ether oxygens (including phenoxy) is 1. The lowest BCUT2D eigenvalue weighted by Crippen LogP contribution is -2.50. The zero-order chi connectivity index (χ0) is 62.9. The predicted octanol–water partition coefficient (Wildman–Crippen LogP) is 12.2. The molecule has 3 aromatic carbocycles. The highest BCUT2D eigenvalue weighted by Gasteiger charge is 2.45. The molecule has 17 nitrogen and oxygen atoms in total. The van der Waals surface area contributed by atoms with Gasteiger partial charge in [-0.3, -0.25) is 9.11 Å². The van der Waals surface area contributed by atoms with Crippen LogP contribution >= 0.6 is 0 Å². The van der Waals surface area contributed by atoms with Crippen molar-refractivity contribution in [3.63, 3.8) is 0 Å². The summed E-state index contributed by atoms with van der Waals surface area (Å²) in [7, 11) is -18.0. The van der Waals surface area contributed by atoms with Crippen LogP contribution in [-0.2, 0) is 51.3 Å². The second kappa shape index (κ2) is 31.6. The van der Waals surface area contributed by atoms with Crippen LogP contribution in [0.25, 0.3) is 5.57 Å². The van der Waals surface area contributed by atoms with Gasteiger partial charge in [-0.2, -0.15) is 21.4 Å². The Morgan fingerprint density at radius 2 is 1.20 bits per heavy atom. The van der Waals surface area contributed by atoms with E-state index in [1.165, 1.54) is 106 Å². The molecule has 0 aromatic heterocycles. The molecular weight excluding hydrogens is 1160 g/mol. The summed E-state index contributed by atoms with van der Waals surface area (Å²) in [5.41, 5.74) is 6.06. The maximum Gasteiger partial charge on any atom is 0.264 e. The lowest BCUT2D eigenvalue weighted by Gasteiger charge is -2.39. The molecule has 85 heavy (non-hydrogen) atoms. The first kappa shape index (κ1) is 71.2. The van der Waals surface area contributed by atoms with Crippen molar-refractivity contribution >= 4 is 63.1 Å². The first-order valence-corrected chi connectivity index (χ1v) is 36.6. The minimum Gasteiger partial charge on any atom is -0.744 e. The van der Waals surface area contributed by atoms with Gasteiger partial charge in [-0.25, -0.2) is 16.8 Å². The predicted molar refractivity (Wildman–Crippen MR) is 337 cm³/mol. The van der Waals surface area contributed by atoms with Crippen LogP contribution in [0, 0.1) is 0 Å². The lowest BCUT2D eigenvalue weighted by molar-refractivity contribution is -0.929. The number of aliphatic hydroxyl groups is 1. The van der Waals surface area contributed by atoms with Crippen molar-refractivity contribution in [3.8, 4) is 5.75 Å². The molecule has 2 heterocycles. The number of anilines is 1. The van der Waals surface area contributed by atoms with Crippen molar-refractivity contribution in [3.05, 3.63) is 119 Å². The van der Waals surface area contributed by atoms with E-state index in [1.54, 1.807) is 12.1 Å². The fraction of sp³-hybridized carbons (Fsp3) is 0.578. The summed E-state index contributed by atoms with van der Waals surface area (Å²) in [4.78, 5) is 1.24. The normalized spacial score (nSPS) is 17.3. The molecule has 0 radical (unpaired) electrons. The van der Waals surface area contributed by atoms with Crippen LogP contribution in [0.5, 0.6) is 5.75 Å². The van der Waals surface area contributed by atoms with Gasteiger partial charge in [-0.05, 0) is 167 Å². The van der Waals surface area contributed by atoms with Crippen molar-refractivity contribution in [2.75, 3.05) is 68.9 Å². The Hall–Kier alpha value is -4.55. The topological polar surface area (TPSA) is 259 Å². The average Bonchev–Trinajstić information content (AvgIpc) is 1.70. The Morgan fingerprint density at radius 3 is 1.75 bits per heavy atom. The summed E-state index contributed by atoms with van der Waals surface area (Å²) in [6.07, 6.45) is 23.4. The zero-order valence-electron chi connectivity index (χ0n) is 51.5. The summed E-state index contributed by atoms with van der Waals surface area (Å²) < 4.78 is 148. The summed E-state index contributed by atoms with van der Waals surface area (Å²) in [5, 5.41) is 9.33. The zero-order valence-corrected chi connectivity index (χ0v) is 54.7. The molecule has 1 aliphatic carbocycles. The van der Waals surface area contributed by atoms with Gasteiger partial charge in [-0.15, -0.1) is 0 Å². The smallest absolute Gasteiger partial charge is 0.264 e. The Bertz CT molecular complexity index is 3340.